The molecule has 0 saturated heterocycles. The molecule has 2 rings (SSSR count). The van der Waals surface area contributed by atoms with Gasteiger partial charge >= 0.3 is 0 Å². The minimum Gasteiger partial charge on any atom is -0.344 e. The quantitative estimate of drug-likeness (QED) is 0.770. The molecule has 5 heteroatoms. The van der Waals surface area contributed by atoms with Gasteiger partial charge in [-0.1, -0.05) is 12.2 Å². The van der Waals surface area contributed by atoms with Crippen LogP contribution in [0.5, 0.6) is 0 Å². The van der Waals surface area contributed by atoms with Gasteiger partial charge in [0.05, 0.1) is 22.0 Å². The van der Waals surface area contributed by atoms with E-state index < -0.39 is 0 Å². The molecular weight excluding hydrogens is 226 g/mol. The van der Waals surface area contributed by atoms with E-state index in [4.69, 9.17) is 17.5 Å². The highest BCUT2D eigenvalue weighted by Gasteiger charge is 2.03. The summed E-state index contributed by atoms with van der Waals surface area (Å²) < 4.78 is 0.459. The van der Waals surface area contributed by atoms with Crippen LogP contribution < -0.4 is 0 Å². The van der Waals surface area contributed by atoms with E-state index in [1.165, 1.54) is 0 Å². The monoisotopic (exact) mass is 233 g/mol. The zero-order valence-electron chi connectivity index (χ0n) is 7.94. The van der Waals surface area contributed by atoms with Crippen molar-refractivity contribution in [3.05, 3.63) is 32.7 Å². The second-order valence-corrected chi connectivity index (χ2v) is 4.45. The predicted octanol–water partition coefficient (Wildman–Crippen LogP) is 3.05. The molecule has 0 fully saturated rings. The topological polar surface area (TPSA) is 52.5 Å². The molecule has 2 aromatic heterocycles. The van der Waals surface area contributed by atoms with Crippen molar-refractivity contribution in [2.45, 2.75) is 6.92 Å². The van der Waals surface area contributed by atoms with E-state index in [-0.39, 0.29) is 0 Å². The van der Waals surface area contributed by atoms with Gasteiger partial charge in [0.1, 0.15) is 10.7 Å². The number of rotatable bonds is 1. The minimum absolute atomic E-state index is 0.459. The van der Waals surface area contributed by atoms with Gasteiger partial charge in [-0.15, -0.1) is 11.3 Å². The fourth-order valence-electron chi connectivity index (χ4n) is 1.20. The maximum Gasteiger partial charge on any atom is 0.121 e. The molecule has 3 nitrogen and oxygen atoms in total. The van der Waals surface area contributed by atoms with Crippen LogP contribution in [0.2, 0.25) is 0 Å². The van der Waals surface area contributed by atoms with E-state index in [1.54, 1.807) is 17.4 Å². The fourth-order valence-corrected chi connectivity index (χ4v) is 2.03. The molecule has 0 aliphatic rings. The van der Waals surface area contributed by atoms with E-state index in [0.29, 0.717) is 10.2 Å². The first kappa shape index (κ1) is 10.0. The number of hydrogen-bond acceptors (Lipinski definition) is 4. The summed E-state index contributed by atoms with van der Waals surface area (Å²) in [7, 11) is 0. The van der Waals surface area contributed by atoms with Crippen molar-refractivity contribution in [2.75, 3.05) is 0 Å². The highest BCUT2D eigenvalue weighted by molar-refractivity contribution is 7.71. The Labute approximate surface area is 96.0 Å². The smallest absolute Gasteiger partial charge is 0.121 e. The van der Waals surface area contributed by atoms with E-state index in [2.05, 4.69) is 9.97 Å². The van der Waals surface area contributed by atoms with Crippen LogP contribution in [0.1, 0.15) is 10.6 Å². The van der Waals surface area contributed by atoms with Gasteiger partial charge in [0.2, 0.25) is 0 Å². The Morgan fingerprint density at radius 2 is 2.33 bits per heavy atom. The standard InChI is InChI=1S/C10H7N3S2/c1-6-12-9(5-15-6)8-3-2-7(4-11)10(14)13-8/h2-3,5H,1H3,(H,13,14). The summed E-state index contributed by atoms with van der Waals surface area (Å²) >= 11 is 6.63. The first-order chi connectivity index (χ1) is 7.20. The fraction of sp³-hybridized carbons (Fsp3) is 0.100. The molecule has 0 unspecified atom stereocenters. The highest BCUT2D eigenvalue weighted by atomic mass is 32.1. The van der Waals surface area contributed by atoms with Crippen molar-refractivity contribution >= 4 is 23.6 Å². The molecule has 0 amide bonds. The van der Waals surface area contributed by atoms with Crippen molar-refractivity contribution in [3.8, 4) is 17.5 Å². The molecule has 1 N–H and O–H groups in total. The van der Waals surface area contributed by atoms with Crippen LogP contribution in [0.4, 0.5) is 0 Å². The third kappa shape index (κ3) is 1.96. The normalized spacial score (nSPS) is 9.87. The molecule has 0 atom stereocenters. The molecule has 0 spiro atoms. The lowest BCUT2D eigenvalue weighted by atomic mass is 10.2. The molecule has 2 heterocycles. The third-order valence-electron chi connectivity index (χ3n) is 1.92. The van der Waals surface area contributed by atoms with Gasteiger partial charge in [0.15, 0.2) is 0 Å². The number of hydrogen-bond donors (Lipinski definition) is 1. The second kappa shape index (κ2) is 3.93. The van der Waals surface area contributed by atoms with Gasteiger partial charge in [-0.3, -0.25) is 0 Å². The molecule has 0 aromatic carbocycles. The van der Waals surface area contributed by atoms with Crippen LogP contribution in [0.15, 0.2) is 17.5 Å². The Bertz CT molecular complexity index is 589. The van der Waals surface area contributed by atoms with Crippen LogP contribution >= 0.6 is 23.6 Å². The number of pyridine rings is 1. The molecule has 0 bridgehead atoms. The van der Waals surface area contributed by atoms with Crippen LogP contribution in [-0.4, -0.2) is 9.97 Å². The highest BCUT2D eigenvalue weighted by Crippen LogP contribution is 2.19. The number of aromatic amines is 1. The number of thiazole rings is 1. The van der Waals surface area contributed by atoms with Gasteiger partial charge in [0, 0.05) is 5.38 Å². The molecule has 74 valence electrons. The van der Waals surface area contributed by atoms with Crippen LogP contribution in [0, 0.1) is 22.9 Å². The van der Waals surface area contributed by atoms with E-state index in [9.17, 15) is 0 Å². The molecule has 0 aliphatic carbocycles. The van der Waals surface area contributed by atoms with Gasteiger partial charge in [0.25, 0.3) is 0 Å². The number of aryl methyl sites for hydroxylation is 1. The number of nitriles is 1. The van der Waals surface area contributed by atoms with Crippen molar-refractivity contribution in [3.63, 3.8) is 0 Å². The molecule has 0 saturated carbocycles. The minimum atomic E-state index is 0.459. The van der Waals surface area contributed by atoms with E-state index in [0.717, 1.165) is 16.4 Å². The second-order valence-electron chi connectivity index (χ2n) is 2.98. The summed E-state index contributed by atoms with van der Waals surface area (Å²) in [6, 6.07) is 5.56. The molecule has 0 aliphatic heterocycles. The molecular formula is C10H7N3S2. The summed E-state index contributed by atoms with van der Waals surface area (Å²) in [6.07, 6.45) is 0. The first-order valence-corrected chi connectivity index (χ1v) is 5.55. The summed E-state index contributed by atoms with van der Waals surface area (Å²) in [6.45, 7) is 1.95. The lowest BCUT2D eigenvalue weighted by Crippen LogP contribution is -1.87. The zero-order chi connectivity index (χ0) is 10.8. The number of nitrogens with one attached hydrogen (secondary N) is 1. The largest absolute Gasteiger partial charge is 0.344 e. The third-order valence-corrected chi connectivity index (χ3v) is 3.02. The van der Waals surface area contributed by atoms with Gasteiger partial charge in [-0.25, -0.2) is 4.98 Å². The first-order valence-electron chi connectivity index (χ1n) is 4.26. The number of H-pyrrole nitrogens is 1. The van der Waals surface area contributed by atoms with Crippen molar-refractivity contribution in [2.24, 2.45) is 0 Å². The summed E-state index contributed by atoms with van der Waals surface area (Å²) in [4.78, 5) is 7.33. The van der Waals surface area contributed by atoms with Crippen LogP contribution in [0.25, 0.3) is 11.4 Å². The van der Waals surface area contributed by atoms with Gasteiger partial charge < -0.3 is 4.98 Å². The number of aromatic nitrogens is 2. The Kier molecular flexibility index (Phi) is 2.62. The SMILES string of the molecule is Cc1nc(-c2ccc(C#N)c(=S)[nH]2)cs1. The average molecular weight is 233 g/mol. The lowest BCUT2D eigenvalue weighted by Gasteiger charge is -1.97. The zero-order valence-corrected chi connectivity index (χ0v) is 9.58. The Morgan fingerprint density at radius 3 is 2.87 bits per heavy atom. The van der Waals surface area contributed by atoms with Crippen molar-refractivity contribution < 1.29 is 0 Å². The lowest BCUT2D eigenvalue weighted by molar-refractivity contribution is 1.22. The number of nitrogens with zero attached hydrogens (tertiary/aromatic N) is 2. The average Bonchev–Trinajstić information content (AvgIpc) is 2.65. The van der Waals surface area contributed by atoms with E-state index >= 15 is 0 Å². The molecule has 2 aromatic rings. The van der Waals surface area contributed by atoms with Crippen LogP contribution in [-0.2, 0) is 0 Å². The predicted molar refractivity (Wildman–Crippen MR) is 62.2 cm³/mol. The summed E-state index contributed by atoms with van der Waals surface area (Å²) in [5.74, 6) is 0. The van der Waals surface area contributed by atoms with Gasteiger partial charge in [-0.05, 0) is 19.1 Å². The van der Waals surface area contributed by atoms with Crippen LogP contribution in [0.3, 0.4) is 0 Å². The molecule has 15 heavy (non-hydrogen) atoms. The Hall–Kier alpha value is -1.51. The van der Waals surface area contributed by atoms with Gasteiger partial charge in [-0.2, -0.15) is 5.26 Å². The maximum atomic E-state index is 8.73. The molecule has 0 radical (unpaired) electrons. The summed E-state index contributed by atoms with van der Waals surface area (Å²) in [5, 5.41) is 11.7. The summed E-state index contributed by atoms with van der Waals surface area (Å²) in [5.41, 5.74) is 2.21. The Balaban J connectivity index is 2.53. The van der Waals surface area contributed by atoms with Crippen molar-refractivity contribution in [1.82, 2.24) is 9.97 Å². The maximum absolute atomic E-state index is 8.73. The van der Waals surface area contributed by atoms with E-state index in [1.807, 2.05) is 24.4 Å². The Morgan fingerprint density at radius 1 is 1.53 bits per heavy atom. The van der Waals surface area contributed by atoms with Crippen molar-refractivity contribution in [1.29, 1.82) is 5.26 Å².